The molecule has 20 heavy (non-hydrogen) atoms. The number of rotatable bonds is 3. The van der Waals surface area contributed by atoms with Crippen LogP contribution in [-0.2, 0) is 10.0 Å². The van der Waals surface area contributed by atoms with E-state index in [-0.39, 0.29) is 9.37 Å². The van der Waals surface area contributed by atoms with E-state index in [0.717, 1.165) is 12.1 Å². The highest BCUT2D eigenvalue weighted by Crippen LogP contribution is 2.25. The molecule has 0 saturated carbocycles. The topological polar surface area (TPSA) is 46.2 Å². The third-order valence-corrected chi connectivity index (χ3v) is 4.62. The first kappa shape index (κ1) is 15.2. The van der Waals surface area contributed by atoms with Gasteiger partial charge in [-0.15, -0.1) is 0 Å². The Bertz CT molecular complexity index is 751. The average molecular weight is 383 g/mol. The molecule has 0 aliphatic heterocycles. The highest BCUT2D eigenvalue weighted by molar-refractivity contribution is 9.10. The molecule has 0 radical (unpaired) electrons. The second-order valence-corrected chi connectivity index (χ2v) is 6.78. The maximum Gasteiger partial charge on any atom is 0.261 e. The molecule has 106 valence electrons. The predicted octanol–water partition coefficient (Wildman–Crippen LogP) is 4.18. The van der Waals surface area contributed by atoms with Gasteiger partial charge in [0.25, 0.3) is 10.0 Å². The van der Waals surface area contributed by atoms with Crippen molar-refractivity contribution in [2.24, 2.45) is 0 Å². The van der Waals surface area contributed by atoms with Crippen LogP contribution in [0, 0.1) is 11.6 Å². The normalized spacial score (nSPS) is 11.4. The molecule has 3 nitrogen and oxygen atoms in total. The lowest BCUT2D eigenvalue weighted by atomic mass is 10.3. The Balaban J connectivity index is 2.38. The summed E-state index contributed by atoms with van der Waals surface area (Å²) in [4.78, 5) is -0.107. The number of halogens is 4. The molecule has 0 bridgehead atoms. The van der Waals surface area contributed by atoms with Gasteiger partial charge in [-0.1, -0.05) is 11.6 Å². The number of anilines is 1. The Kier molecular flexibility index (Phi) is 4.31. The van der Waals surface area contributed by atoms with E-state index < -0.39 is 27.3 Å². The molecule has 0 unspecified atom stereocenters. The van der Waals surface area contributed by atoms with E-state index in [9.17, 15) is 17.2 Å². The Morgan fingerprint density at radius 1 is 1.05 bits per heavy atom. The lowest BCUT2D eigenvalue weighted by Gasteiger charge is -2.09. The summed E-state index contributed by atoms with van der Waals surface area (Å²) in [6.07, 6.45) is 0. The lowest BCUT2D eigenvalue weighted by molar-refractivity contribution is 0.592. The molecule has 0 heterocycles. The molecule has 0 aliphatic carbocycles. The van der Waals surface area contributed by atoms with Gasteiger partial charge in [0, 0.05) is 11.1 Å². The summed E-state index contributed by atoms with van der Waals surface area (Å²) in [5.74, 6) is -1.67. The molecule has 0 aromatic heterocycles. The van der Waals surface area contributed by atoms with Gasteiger partial charge >= 0.3 is 0 Å². The SMILES string of the molecule is O=S(=O)(Nc1cc(F)c(Br)cc1F)c1ccc(Cl)cc1. The second-order valence-electron chi connectivity index (χ2n) is 3.81. The molecule has 8 heteroatoms. The van der Waals surface area contributed by atoms with Gasteiger partial charge in [-0.2, -0.15) is 0 Å². The number of sulfonamides is 1. The van der Waals surface area contributed by atoms with Crippen LogP contribution in [0.5, 0.6) is 0 Å². The van der Waals surface area contributed by atoms with Crippen molar-refractivity contribution in [2.45, 2.75) is 4.90 Å². The summed E-state index contributed by atoms with van der Waals surface area (Å²) < 4.78 is 52.8. The average Bonchev–Trinajstić information content (AvgIpc) is 2.36. The van der Waals surface area contributed by atoms with Gasteiger partial charge in [-0.05, 0) is 46.3 Å². The first-order valence-corrected chi connectivity index (χ1v) is 7.88. The molecule has 0 spiro atoms. The van der Waals surface area contributed by atoms with Gasteiger partial charge in [-0.3, -0.25) is 4.72 Å². The minimum atomic E-state index is -4.01. The first-order valence-electron chi connectivity index (χ1n) is 5.22. The molecular formula is C12H7BrClF2NO2S. The molecule has 1 N–H and O–H groups in total. The second kappa shape index (κ2) is 5.67. The maximum absolute atomic E-state index is 13.6. The van der Waals surface area contributed by atoms with Gasteiger partial charge in [0.2, 0.25) is 0 Å². The van der Waals surface area contributed by atoms with E-state index in [2.05, 4.69) is 15.9 Å². The zero-order chi connectivity index (χ0) is 14.9. The highest BCUT2D eigenvalue weighted by atomic mass is 79.9. The lowest BCUT2D eigenvalue weighted by Crippen LogP contribution is -2.14. The summed E-state index contributed by atoms with van der Waals surface area (Å²) in [5, 5.41) is 0.366. The first-order chi connectivity index (χ1) is 9.29. The molecule has 0 atom stereocenters. The monoisotopic (exact) mass is 381 g/mol. The molecule has 0 amide bonds. The number of benzene rings is 2. The van der Waals surface area contributed by atoms with Crippen LogP contribution < -0.4 is 4.72 Å². The molecule has 2 aromatic carbocycles. The van der Waals surface area contributed by atoms with E-state index in [1.807, 2.05) is 4.72 Å². The van der Waals surface area contributed by atoms with Crippen molar-refractivity contribution in [1.82, 2.24) is 0 Å². The van der Waals surface area contributed by atoms with Gasteiger partial charge in [0.1, 0.15) is 11.6 Å². The third kappa shape index (κ3) is 3.28. The smallest absolute Gasteiger partial charge is 0.261 e. The number of hydrogen-bond acceptors (Lipinski definition) is 2. The zero-order valence-corrected chi connectivity index (χ0v) is 12.9. The third-order valence-electron chi connectivity index (χ3n) is 2.38. The Labute approximate surface area is 127 Å². The zero-order valence-electron chi connectivity index (χ0n) is 9.70. The summed E-state index contributed by atoms with van der Waals surface area (Å²) >= 11 is 8.46. The van der Waals surface area contributed by atoms with Crippen molar-refractivity contribution in [3.8, 4) is 0 Å². The van der Waals surface area contributed by atoms with Crippen LogP contribution >= 0.6 is 27.5 Å². The fraction of sp³-hybridized carbons (Fsp3) is 0. The van der Waals surface area contributed by atoms with E-state index in [4.69, 9.17) is 11.6 Å². The maximum atomic E-state index is 13.6. The van der Waals surface area contributed by atoms with Crippen LogP contribution in [0.3, 0.4) is 0 Å². The van der Waals surface area contributed by atoms with Crippen molar-refractivity contribution in [1.29, 1.82) is 0 Å². The molecule has 0 aliphatic rings. The van der Waals surface area contributed by atoms with Crippen LogP contribution in [0.4, 0.5) is 14.5 Å². The minimum Gasteiger partial charge on any atom is -0.277 e. The van der Waals surface area contributed by atoms with Gasteiger partial charge < -0.3 is 0 Å². The van der Waals surface area contributed by atoms with Crippen LogP contribution in [0.1, 0.15) is 0 Å². The van der Waals surface area contributed by atoms with Crippen LogP contribution in [0.15, 0.2) is 45.8 Å². The van der Waals surface area contributed by atoms with Crippen molar-refractivity contribution >= 4 is 43.2 Å². The predicted molar refractivity (Wildman–Crippen MR) is 76.3 cm³/mol. The van der Waals surface area contributed by atoms with Crippen molar-refractivity contribution in [3.63, 3.8) is 0 Å². The summed E-state index contributed by atoms with van der Waals surface area (Å²) in [6.45, 7) is 0. The van der Waals surface area contributed by atoms with Crippen LogP contribution in [0.25, 0.3) is 0 Å². The number of nitrogens with one attached hydrogen (secondary N) is 1. The molecule has 0 fully saturated rings. The molecule has 2 aromatic rings. The Morgan fingerprint density at radius 2 is 1.65 bits per heavy atom. The van der Waals surface area contributed by atoms with Gasteiger partial charge in [-0.25, -0.2) is 17.2 Å². The van der Waals surface area contributed by atoms with E-state index in [0.29, 0.717) is 5.02 Å². The van der Waals surface area contributed by atoms with E-state index in [1.165, 1.54) is 24.3 Å². The Morgan fingerprint density at radius 3 is 2.25 bits per heavy atom. The standard InChI is InChI=1S/C12H7BrClF2NO2S/c13-9-5-11(16)12(6-10(9)15)17-20(18,19)8-3-1-7(14)2-4-8/h1-6,17H. The summed E-state index contributed by atoms with van der Waals surface area (Å²) in [6, 6.07) is 6.89. The van der Waals surface area contributed by atoms with Crippen molar-refractivity contribution < 1.29 is 17.2 Å². The van der Waals surface area contributed by atoms with Gasteiger partial charge in [0.15, 0.2) is 0 Å². The largest absolute Gasteiger partial charge is 0.277 e. The van der Waals surface area contributed by atoms with Crippen LogP contribution in [0.2, 0.25) is 5.02 Å². The Hall–Kier alpha value is -1.18. The summed E-state index contributed by atoms with van der Waals surface area (Å²) in [5.41, 5.74) is -0.472. The number of hydrogen-bond donors (Lipinski definition) is 1. The fourth-order valence-electron chi connectivity index (χ4n) is 1.42. The quantitative estimate of drug-likeness (QED) is 0.810. The molecule has 2 rings (SSSR count). The van der Waals surface area contributed by atoms with E-state index in [1.54, 1.807) is 0 Å². The molecular weight excluding hydrogens is 376 g/mol. The fourth-order valence-corrected chi connectivity index (χ4v) is 2.92. The van der Waals surface area contributed by atoms with E-state index >= 15 is 0 Å². The molecule has 0 saturated heterocycles. The summed E-state index contributed by atoms with van der Waals surface area (Å²) in [7, 11) is -4.01. The van der Waals surface area contributed by atoms with Gasteiger partial charge in [0.05, 0.1) is 15.1 Å². The van der Waals surface area contributed by atoms with Crippen LogP contribution in [-0.4, -0.2) is 8.42 Å². The minimum absolute atomic E-state index is 0.0931. The highest BCUT2D eigenvalue weighted by Gasteiger charge is 2.17. The van der Waals surface area contributed by atoms with Crippen molar-refractivity contribution in [3.05, 3.63) is 57.5 Å². The van der Waals surface area contributed by atoms with Crippen molar-refractivity contribution in [2.75, 3.05) is 4.72 Å².